The molecule has 3 aromatic rings. The number of hydrogen-bond acceptors (Lipinski definition) is 7. The summed E-state index contributed by atoms with van der Waals surface area (Å²) in [6, 6.07) is 17.1. The maximum atomic E-state index is 12.3. The lowest BCUT2D eigenvalue weighted by atomic mass is 10.1. The largest absolute Gasteiger partial charge is 0.497 e. The number of nitro benzene ring substituents is 1. The monoisotopic (exact) mass is 433 g/mol. The van der Waals surface area contributed by atoms with Gasteiger partial charge in [0.1, 0.15) is 5.75 Å². The number of nitro groups is 1. The minimum absolute atomic E-state index is 0.194. The number of hydrazone groups is 1. The molecule has 0 aliphatic carbocycles. The number of carbonyl (C=O) groups is 2. The van der Waals surface area contributed by atoms with Gasteiger partial charge in [-0.25, -0.2) is 10.2 Å². The summed E-state index contributed by atoms with van der Waals surface area (Å²) in [6.07, 6.45) is 1.25. The number of benzene rings is 3. The number of amides is 1. The van der Waals surface area contributed by atoms with Crippen LogP contribution in [0.2, 0.25) is 0 Å². The fourth-order valence-corrected chi connectivity index (χ4v) is 2.75. The van der Waals surface area contributed by atoms with E-state index in [4.69, 9.17) is 9.47 Å². The standard InChI is InChI=1S/C23H19N3O6/c1-15-4-3-5-18(12-15)23(28)32-21-11-6-16(13-20(21)26(29)30)14-24-25-22(27)17-7-9-19(31-2)10-8-17/h3-14H,1-2H3,(H,25,27)/b24-14+. The number of carbonyl (C=O) groups excluding carboxylic acids is 2. The molecule has 1 amide bonds. The van der Waals surface area contributed by atoms with Crippen LogP contribution >= 0.6 is 0 Å². The average Bonchev–Trinajstić information content (AvgIpc) is 2.79. The van der Waals surface area contributed by atoms with Gasteiger partial charge in [0.15, 0.2) is 0 Å². The Hall–Kier alpha value is -4.53. The Balaban J connectivity index is 1.71. The second-order valence-corrected chi connectivity index (χ2v) is 6.67. The number of nitrogens with one attached hydrogen (secondary N) is 1. The molecule has 0 unspecified atom stereocenters. The van der Waals surface area contributed by atoms with Gasteiger partial charge in [-0.1, -0.05) is 17.7 Å². The molecule has 0 bridgehead atoms. The molecule has 3 aromatic carbocycles. The maximum Gasteiger partial charge on any atom is 0.343 e. The van der Waals surface area contributed by atoms with Gasteiger partial charge in [0.2, 0.25) is 5.75 Å². The van der Waals surface area contributed by atoms with Gasteiger partial charge in [0.25, 0.3) is 5.91 Å². The van der Waals surface area contributed by atoms with Crippen molar-refractivity contribution in [3.05, 3.63) is 99.1 Å². The van der Waals surface area contributed by atoms with Gasteiger partial charge in [0.05, 0.1) is 23.8 Å². The highest BCUT2D eigenvalue weighted by molar-refractivity contribution is 5.95. The highest BCUT2D eigenvalue weighted by atomic mass is 16.6. The number of ether oxygens (including phenoxy) is 2. The Morgan fingerprint density at radius 2 is 1.78 bits per heavy atom. The predicted octanol–water partition coefficient (Wildman–Crippen LogP) is 3.89. The predicted molar refractivity (Wildman–Crippen MR) is 117 cm³/mol. The summed E-state index contributed by atoms with van der Waals surface area (Å²) in [5, 5.41) is 15.3. The van der Waals surface area contributed by atoms with Crippen molar-refractivity contribution < 1.29 is 24.0 Å². The Kier molecular flexibility index (Phi) is 6.92. The van der Waals surface area contributed by atoms with E-state index in [1.54, 1.807) is 42.5 Å². The molecule has 0 aliphatic heterocycles. The Bertz CT molecular complexity index is 1190. The molecule has 0 spiro atoms. The molecule has 9 heteroatoms. The van der Waals surface area contributed by atoms with E-state index in [0.29, 0.717) is 16.9 Å². The lowest BCUT2D eigenvalue weighted by molar-refractivity contribution is -0.385. The van der Waals surface area contributed by atoms with Crippen molar-refractivity contribution in [3.63, 3.8) is 0 Å². The van der Waals surface area contributed by atoms with Crippen LogP contribution in [0.3, 0.4) is 0 Å². The molecule has 0 aliphatic rings. The van der Waals surface area contributed by atoms with Crippen LogP contribution in [0.1, 0.15) is 31.8 Å². The van der Waals surface area contributed by atoms with Crippen LogP contribution in [-0.4, -0.2) is 30.1 Å². The van der Waals surface area contributed by atoms with Gasteiger partial charge >= 0.3 is 11.7 Å². The zero-order valence-electron chi connectivity index (χ0n) is 17.3. The Labute approximate surface area is 183 Å². The molecular weight excluding hydrogens is 414 g/mol. The third-order valence-electron chi connectivity index (χ3n) is 4.37. The van der Waals surface area contributed by atoms with Crippen molar-refractivity contribution in [2.24, 2.45) is 5.10 Å². The van der Waals surface area contributed by atoms with Crippen molar-refractivity contribution in [2.75, 3.05) is 7.11 Å². The molecule has 0 atom stereocenters. The van der Waals surface area contributed by atoms with Crippen molar-refractivity contribution in [1.82, 2.24) is 5.43 Å². The summed E-state index contributed by atoms with van der Waals surface area (Å²) in [4.78, 5) is 35.2. The van der Waals surface area contributed by atoms with E-state index in [0.717, 1.165) is 5.56 Å². The summed E-state index contributed by atoms with van der Waals surface area (Å²) < 4.78 is 10.3. The molecule has 1 N–H and O–H groups in total. The number of methoxy groups -OCH3 is 1. The van der Waals surface area contributed by atoms with Gasteiger partial charge in [-0.3, -0.25) is 14.9 Å². The van der Waals surface area contributed by atoms with Gasteiger partial charge < -0.3 is 9.47 Å². The number of rotatable bonds is 7. The first-order chi connectivity index (χ1) is 15.4. The van der Waals surface area contributed by atoms with Crippen LogP contribution in [0.4, 0.5) is 5.69 Å². The van der Waals surface area contributed by atoms with Crippen LogP contribution in [-0.2, 0) is 0 Å². The first-order valence-electron chi connectivity index (χ1n) is 9.42. The minimum atomic E-state index is -0.704. The second kappa shape index (κ2) is 9.98. The number of aryl methyl sites for hydroxylation is 1. The smallest absolute Gasteiger partial charge is 0.343 e. The normalized spacial score (nSPS) is 10.6. The van der Waals surface area contributed by atoms with Gasteiger partial charge in [-0.2, -0.15) is 5.10 Å². The number of esters is 1. The van der Waals surface area contributed by atoms with E-state index in [2.05, 4.69) is 10.5 Å². The molecule has 0 saturated heterocycles. The molecule has 0 radical (unpaired) electrons. The van der Waals surface area contributed by atoms with E-state index in [1.807, 2.05) is 13.0 Å². The minimum Gasteiger partial charge on any atom is -0.497 e. The van der Waals surface area contributed by atoms with Gasteiger partial charge in [0, 0.05) is 17.2 Å². The fraction of sp³-hybridized carbons (Fsp3) is 0.0870. The lowest BCUT2D eigenvalue weighted by Gasteiger charge is -2.06. The number of nitrogens with zero attached hydrogens (tertiary/aromatic N) is 2. The van der Waals surface area contributed by atoms with Crippen LogP contribution < -0.4 is 14.9 Å². The van der Waals surface area contributed by atoms with Crippen molar-refractivity contribution in [3.8, 4) is 11.5 Å². The summed E-state index contributed by atoms with van der Waals surface area (Å²) in [5.41, 5.74) is 3.78. The molecule has 0 fully saturated rings. The molecule has 0 aromatic heterocycles. The first-order valence-corrected chi connectivity index (χ1v) is 9.42. The summed E-state index contributed by atoms with van der Waals surface area (Å²) >= 11 is 0. The molecule has 9 nitrogen and oxygen atoms in total. The average molecular weight is 433 g/mol. The van der Waals surface area contributed by atoms with Crippen molar-refractivity contribution in [2.45, 2.75) is 6.92 Å². The summed E-state index contributed by atoms with van der Waals surface area (Å²) in [6.45, 7) is 1.82. The van der Waals surface area contributed by atoms with Crippen LogP contribution in [0, 0.1) is 17.0 Å². The fourth-order valence-electron chi connectivity index (χ4n) is 2.75. The molecule has 0 saturated carbocycles. The van der Waals surface area contributed by atoms with Crippen molar-refractivity contribution >= 4 is 23.8 Å². The summed E-state index contributed by atoms with van der Waals surface area (Å²) in [7, 11) is 1.52. The second-order valence-electron chi connectivity index (χ2n) is 6.67. The number of hydrogen-bond donors (Lipinski definition) is 1. The maximum absolute atomic E-state index is 12.3. The Morgan fingerprint density at radius 3 is 2.44 bits per heavy atom. The first kappa shape index (κ1) is 22.2. The van der Waals surface area contributed by atoms with E-state index in [-0.39, 0.29) is 11.3 Å². The van der Waals surface area contributed by atoms with Crippen LogP contribution in [0.25, 0.3) is 0 Å². The molecule has 0 heterocycles. The summed E-state index contributed by atoms with van der Waals surface area (Å²) in [5.74, 6) is -0.742. The van der Waals surface area contributed by atoms with Gasteiger partial charge in [-0.15, -0.1) is 0 Å². The molecule has 32 heavy (non-hydrogen) atoms. The van der Waals surface area contributed by atoms with Crippen LogP contribution in [0.5, 0.6) is 11.5 Å². The van der Waals surface area contributed by atoms with Crippen LogP contribution in [0.15, 0.2) is 71.8 Å². The molecular formula is C23H19N3O6. The third kappa shape index (κ3) is 5.54. The Morgan fingerprint density at radius 1 is 1.03 bits per heavy atom. The van der Waals surface area contributed by atoms with E-state index >= 15 is 0 Å². The SMILES string of the molecule is COc1ccc(C(=O)N/N=C/c2ccc(OC(=O)c3cccc(C)c3)c([N+](=O)[O-])c2)cc1. The molecule has 162 valence electrons. The molecule has 3 rings (SSSR count). The highest BCUT2D eigenvalue weighted by Crippen LogP contribution is 2.28. The van der Waals surface area contributed by atoms with E-state index in [9.17, 15) is 19.7 Å². The van der Waals surface area contributed by atoms with Gasteiger partial charge in [-0.05, 0) is 55.5 Å². The van der Waals surface area contributed by atoms with E-state index < -0.39 is 22.5 Å². The quantitative estimate of drug-likeness (QED) is 0.198. The zero-order valence-corrected chi connectivity index (χ0v) is 17.3. The zero-order chi connectivity index (χ0) is 23.1. The van der Waals surface area contributed by atoms with E-state index in [1.165, 1.54) is 31.5 Å². The topological polar surface area (TPSA) is 120 Å². The lowest BCUT2D eigenvalue weighted by Crippen LogP contribution is -2.17. The third-order valence-corrected chi connectivity index (χ3v) is 4.37. The highest BCUT2D eigenvalue weighted by Gasteiger charge is 2.19. The van der Waals surface area contributed by atoms with Crippen molar-refractivity contribution in [1.29, 1.82) is 0 Å².